The van der Waals surface area contributed by atoms with Gasteiger partial charge in [-0.1, -0.05) is 87.5 Å². The van der Waals surface area contributed by atoms with Crippen molar-refractivity contribution < 1.29 is 19.0 Å². The summed E-state index contributed by atoms with van der Waals surface area (Å²) >= 11 is 0. The molecule has 0 unspecified atom stereocenters. The van der Waals surface area contributed by atoms with Crippen LogP contribution < -0.4 is 10.4 Å². The summed E-state index contributed by atoms with van der Waals surface area (Å²) in [6, 6.07) is 21.4. The van der Waals surface area contributed by atoms with E-state index in [0.717, 1.165) is 6.42 Å². The summed E-state index contributed by atoms with van der Waals surface area (Å²) in [5.74, 6) is 0. The molecule has 0 amide bonds. The van der Waals surface area contributed by atoms with Crippen molar-refractivity contribution in [3.63, 3.8) is 0 Å². The van der Waals surface area contributed by atoms with E-state index >= 15 is 0 Å². The minimum absolute atomic E-state index is 0.0581. The van der Waals surface area contributed by atoms with Gasteiger partial charge < -0.3 is 19.0 Å². The lowest BCUT2D eigenvalue weighted by Gasteiger charge is -2.43. The van der Waals surface area contributed by atoms with Crippen LogP contribution in [-0.4, -0.2) is 51.6 Å². The van der Waals surface area contributed by atoms with Crippen LogP contribution in [0.1, 0.15) is 46.5 Å². The van der Waals surface area contributed by atoms with E-state index in [2.05, 4.69) is 88.0 Å². The van der Waals surface area contributed by atoms with Gasteiger partial charge in [-0.25, -0.2) is 0 Å². The second-order valence-corrected chi connectivity index (χ2v) is 14.3. The summed E-state index contributed by atoms with van der Waals surface area (Å²) in [7, 11) is -0.860. The summed E-state index contributed by atoms with van der Waals surface area (Å²) in [5, 5.41) is 13.0. The molecule has 0 aromatic heterocycles. The third kappa shape index (κ3) is 5.84. The van der Waals surface area contributed by atoms with Crippen molar-refractivity contribution in [2.24, 2.45) is 0 Å². The van der Waals surface area contributed by atoms with Crippen LogP contribution in [0.25, 0.3) is 0 Å². The summed E-state index contributed by atoms with van der Waals surface area (Å²) in [5.41, 5.74) is 0. The molecule has 1 saturated heterocycles. The Kier molecular flexibility index (Phi) is 9.07. The Morgan fingerprint density at radius 1 is 1.00 bits per heavy atom. The molecule has 4 nitrogen and oxygen atoms in total. The van der Waals surface area contributed by atoms with E-state index in [1.165, 1.54) is 10.4 Å². The lowest BCUT2D eigenvalue weighted by atomic mass is 10.0. The Morgan fingerprint density at radius 3 is 2.06 bits per heavy atom. The standard InChI is InChI=1S/C28H40O4Si/c1-6-13-25-24(29)18-19-26(30-5)27(32-25)20-21-31-33(28(2,3)4,22-14-9-7-10-15-22)23-16-11-8-12-17-23/h6-12,14-17,24-27,29H,1,13,18-21H2,2-5H3/t24-,25+,26+,27-/m1/s1. The Bertz CT molecular complexity index is 810. The topological polar surface area (TPSA) is 47.9 Å². The van der Waals surface area contributed by atoms with Crippen LogP contribution in [0, 0.1) is 0 Å². The van der Waals surface area contributed by atoms with Crippen molar-refractivity contribution in [2.45, 2.75) is 75.9 Å². The fraction of sp³-hybridized carbons (Fsp3) is 0.500. The highest BCUT2D eigenvalue weighted by Crippen LogP contribution is 2.37. The molecule has 0 radical (unpaired) electrons. The molecule has 33 heavy (non-hydrogen) atoms. The number of hydrogen-bond donors (Lipinski definition) is 1. The highest BCUT2D eigenvalue weighted by Gasteiger charge is 2.50. The lowest BCUT2D eigenvalue weighted by molar-refractivity contribution is -0.106. The zero-order valence-electron chi connectivity index (χ0n) is 20.6. The maximum Gasteiger partial charge on any atom is 0.261 e. The van der Waals surface area contributed by atoms with Crippen molar-refractivity contribution >= 4 is 18.7 Å². The molecular weight excluding hydrogens is 428 g/mol. The molecule has 1 aliphatic rings. The van der Waals surface area contributed by atoms with E-state index in [1.807, 2.05) is 6.08 Å². The zero-order chi connectivity index (χ0) is 23.9. The molecule has 180 valence electrons. The van der Waals surface area contributed by atoms with E-state index in [4.69, 9.17) is 13.9 Å². The van der Waals surface area contributed by atoms with Gasteiger partial charge in [-0.3, -0.25) is 0 Å². The molecule has 1 aliphatic heterocycles. The number of aliphatic hydroxyl groups is 1. The molecule has 0 bridgehead atoms. The average Bonchev–Trinajstić information content (AvgIpc) is 2.96. The van der Waals surface area contributed by atoms with Crippen molar-refractivity contribution in [1.82, 2.24) is 0 Å². The van der Waals surface area contributed by atoms with Crippen molar-refractivity contribution in [2.75, 3.05) is 13.7 Å². The highest BCUT2D eigenvalue weighted by molar-refractivity contribution is 6.99. The Balaban J connectivity index is 1.89. The summed E-state index contributed by atoms with van der Waals surface area (Å²) in [6.45, 7) is 11.3. The minimum Gasteiger partial charge on any atom is -0.407 e. The van der Waals surface area contributed by atoms with Gasteiger partial charge >= 0.3 is 0 Å². The molecule has 1 N–H and O–H groups in total. The normalized spacial score (nSPS) is 24.3. The van der Waals surface area contributed by atoms with Gasteiger partial charge in [0.2, 0.25) is 0 Å². The van der Waals surface area contributed by atoms with Crippen molar-refractivity contribution in [3.05, 3.63) is 73.3 Å². The first kappa shape index (κ1) is 25.9. The molecule has 2 aromatic carbocycles. The van der Waals surface area contributed by atoms with Gasteiger partial charge in [0.05, 0.1) is 24.4 Å². The molecular formula is C28H40O4Si. The van der Waals surface area contributed by atoms with E-state index in [-0.39, 0.29) is 23.4 Å². The van der Waals surface area contributed by atoms with Crippen molar-refractivity contribution in [1.29, 1.82) is 0 Å². The zero-order valence-corrected chi connectivity index (χ0v) is 21.6. The van der Waals surface area contributed by atoms with E-state index in [0.29, 0.717) is 25.9 Å². The smallest absolute Gasteiger partial charge is 0.261 e. The summed E-state index contributed by atoms with van der Waals surface area (Å²) in [6.07, 6.45) is 3.67. The first-order chi connectivity index (χ1) is 15.8. The van der Waals surface area contributed by atoms with Gasteiger partial charge in [-0.05, 0) is 41.1 Å². The number of benzene rings is 2. The average molecular weight is 469 g/mol. The van der Waals surface area contributed by atoms with E-state index in [1.54, 1.807) is 7.11 Å². The molecule has 0 aliphatic carbocycles. The second kappa shape index (κ2) is 11.6. The molecule has 4 atom stereocenters. The monoisotopic (exact) mass is 468 g/mol. The minimum atomic E-state index is -2.59. The van der Waals surface area contributed by atoms with Crippen LogP contribution in [0.15, 0.2) is 73.3 Å². The number of aliphatic hydroxyl groups excluding tert-OH is 1. The molecule has 2 aromatic rings. The SMILES string of the molecule is C=CC[C@@H]1O[C@H](CCO[Si](c2ccccc2)(c2ccccc2)C(C)(C)C)[C@@H](OC)CC[C@H]1O. The predicted octanol–water partition coefficient (Wildman–Crippen LogP) is 4.45. The second-order valence-electron chi connectivity index (χ2n) is 9.96. The Morgan fingerprint density at radius 2 is 1.58 bits per heavy atom. The van der Waals surface area contributed by atoms with Crippen LogP contribution in [0.2, 0.25) is 5.04 Å². The third-order valence-corrected chi connectivity index (χ3v) is 11.8. The van der Waals surface area contributed by atoms with Crippen molar-refractivity contribution in [3.8, 4) is 0 Å². The number of methoxy groups -OCH3 is 1. The first-order valence-corrected chi connectivity index (χ1v) is 14.0. The summed E-state index contributed by atoms with van der Waals surface area (Å²) in [4.78, 5) is 0. The molecule has 0 spiro atoms. The number of ether oxygens (including phenoxy) is 2. The van der Waals surface area contributed by atoms with Gasteiger partial charge in [0.1, 0.15) is 0 Å². The van der Waals surface area contributed by atoms with E-state index in [9.17, 15) is 5.11 Å². The molecule has 0 saturated carbocycles. The van der Waals surface area contributed by atoms with Gasteiger partial charge in [0.25, 0.3) is 8.32 Å². The lowest BCUT2D eigenvalue weighted by Crippen LogP contribution is -2.66. The third-order valence-electron chi connectivity index (χ3n) is 6.78. The fourth-order valence-electron chi connectivity index (χ4n) is 5.10. The van der Waals surface area contributed by atoms with Gasteiger partial charge in [0, 0.05) is 13.7 Å². The number of hydrogen-bond acceptors (Lipinski definition) is 4. The predicted molar refractivity (Wildman–Crippen MR) is 138 cm³/mol. The van der Waals surface area contributed by atoms with Crippen LogP contribution in [0.4, 0.5) is 0 Å². The number of rotatable bonds is 9. The molecule has 5 heteroatoms. The Labute approximate surface area is 200 Å². The fourth-order valence-corrected chi connectivity index (χ4v) is 9.68. The molecule has 1 fully saturated rings. The maximum absolute atomic E-state index is 10.5. The van der Waals surface area contributed by atoms with E-state index < -0.39 is 14.4 Å². The summed E-state index contributed by atoms with van der Waals surface area (Å²) < 4.78 is 19.2. The van der Waals surface area contributed by atoms with Gasteiger partial charge in [-0.2, -0.15) is 0 Å². The van der Waals surface area contributed by atoms with Crippen LogP contribution in [-0.2, 0) is 13.9 Å². The van der Waals surface area contributed by atoms with Crippen LogP contribution in [0.3, 0.4) is 0 Å². The largest absolute Gasteiger partial charge is 0.407 e. The quantitative estimate of drug-likeness (QED) is 0.436. The first-order valence-electron chi connectivity index (χ1n) is 12.1. The van der Waals surface area contributed by atoms with Gasteiger partial charge in [-0.15, -0.1) is 6.58 Å². The highest BCUT2D eigenvalue weighted by atomic mass is 28.4. The molecule has 1 heterocycles. The molecule has 3 rings (SSSR count). The van der Waals surface area contributed by atoms with Crippen LogP contribution >= 0.6 is 0 Å². The van der Waals surface area contributed by atoms with Gasteiger partial charge in [0.15, 0.2) is 0 Å². The maximum atomic E-state index is 10.5. The van der Waals surface area contributed by atoms with Crippen LogP contribution in [0.5, 0.6) is 0 Å². The Hall–Kier alpha value is -1.76.